The molecule has 2 rings (SSSR count). The summed E-state index contributed by atoms with van der Waals surface area (Å²) in [7, 11) is -3.25. The maximum absolute atomic E-state index is 11.5. The first kappa shape index (κ1) is 14.2. The standard InChI is InChI=1S/C11H9Cl2NO4S/c12-9-2-1-7(5-10(9)13)14-11(15)18-8-3-4-19(16,17)6-8/h1-5,8H,6H2,(H,14,15)/t8-/m1/s1. The highest BCUT2D eigenvalue weighted by Gasteiger charge is 2.24. The van der Waals surface area contributed by atoms with Gasteiger partial charge in [0.25, 0.3) is 0 Å². The summed E-state index contributed by atoms with van der Waals surface area (Å²) in [5, 5.41) is 4.12. The first-order valence-corrected chi connectivity index (χ1v) is 7.66. The van der Waals surface area contributed by atoms with Crippen LogP contribution in [0.15, 0.2) is 29.7 Å². The molecule has 19 heavy (non-hydrogen) atoms. The van der Waals surface area contributed by atoms with Gasteiger partial charge >= 0.3 is 6.09 Å². The monoisotopic (exact) mass is 321 g/mol. The first-order chi connectivity index (χ1) is 8.85. The summed E-state index contributed by atoms with van der Waals surface area (Å²) in [6, 6.07) is 4.54. The normalized spacial score (nSPS) is 20.2. The Hall–Kier alpha value is -1.24. The minimum absolute atomic E-state index is 0.234. The zero-order valence-corrected chi connectivity index (χ0v) is 11.8. The Morgan fingerprint density at radius 2 is 2.05 bits per heavy atom. The van der Waals surface area contributed by atoms with E-state index in [0.29, 0.717) is 15.7 Å². The summed E-state index contributed by atoms with van der Waals surface area (Å²) in [5.41, 5.74) is 0.407. The van der Waals surface area contributed by atoms with Crippen molar-refractivity contribution in [3.05, 3.63) is 39.7 Å². The van der Waals surface area contributed by atoms with Gasteiger partial charge in [-0.05, 0) is 24.3 Å². The van der Waals surface area contributed by atoms with Crippen LogP contribution in [0.1, 0.15) is 0 Å². The zero-order valence-electron chi connectivity index (χ0n) is 9.47. The number of carbonyl (C=O) groups excluding carboxylic acids is 1. The predicted octanol–water partition coefficient (Wildman–Crippen LogP) is 2.85. The molecule has 0 saturated heterocycles. The molecule has 1 amide bonds. The van der Waals surface area contributed by atoms with Crippen LogP contribution in [-0.4, -0.2) is 26.4 Å². The van der Waals surface area contributed by atoms with E-state index < -0.39 is 22.0 Å². The van der Waals surface area contributed by atoms with Crippen LogP contribution in [0.5, 0.6) is 0 Å². The second kappa shape index (κ2) is 5.40. The third kappa shape index (κ3) is 3.86. The fourth-order valence-electron chi connectivity index (χ4n) is 1.48. The molecule has 0 saturated carbocycles. The lowest BCUT2D eigenvalue weighted by atomic mass is 10.3. The van der Waals surface area contributed by atoms with Crippen LogP contribution in [0.25, 0.3) is 0 Å². The number of amides is 1. The molecule has 0 fully saturated rings. The Morgan fingerprint density at radius 3 is 2.63 bits per heavy atom. The fourth-order valence-corrected chi connectivity index (χ4v) is 2.94. The largest absolute Gasteiger partial charge is 0.441 e. The summed E-state index contributed by atoms with van der Waals surface area (Å²) in [6.07, 6.45) is -0.207. The molecule has 1 aromatic rings. The highest BCUT2D eigenvalue weighted by Crippen LogP contribution is 2.25. The minimum atomic E-state index is -3.25. The number of rotatable bonds is 2. The molecule has 102 valence electrons. The van der Waals surface area contributed by atoms with Gasteiger partial charge in [0, 0.05) is 11.1 Å². The molecule has 0 spiro atoms. The summed E-state index contributed by atoms with van der Waals surface area (Å²) in [6.45, 7) is 0. The van der Waals surface area contributed by atoms with Gasteiger partial charge in [0.1, 0.15) is 6.10 Å². The quantitative estimate of drug-likeness (QED) is 0.909. The topological polar surface area (TPSA) is 72.5 Å². The van der Waals surface area contributed by atoms with Gasteiger partial charge in [-0.1, -0.05) is 23.2 Å². The van der Waals surface area contributed by atoms with Gasteiger partial charge in [-0.2, -0.15) is 0 Å². The average molecular weight is 322 g/mol. The van der Waals surface area contributed by atoms with E-state index >= 15 is 0 Å². The summed E-state index contributed by atoms with van der Waals surface area (Å²) in [5.74, 6) is -0.234. The number of hydrogen-bond donors (Lipinski definition) is 1. The highest BCUT2D eigenvalue weighted by molar-refractivity contribution is 7.94. The van der Waals surface area contributed by atoms with E-state index in [1.165, 1.54) is 18.2 Å². The van der Waals surface area contributed by atoms with Gasteiger partial charge in [0.2, 0.25) is 0 Å². The minimum Gasteiger partial charge on any atom is -0.441 e. The zero-order chi connectivity index (χ0) is 14.0. The maximum atomic E-state index is 11.5. The van der Waals surface area contributed by atoms with E-state index in [1.54, 1.807) is 6.07 Å². The smallest absolute Gasteiger partial charge is 0.412 e. The van der Waals surface area contributed by atoms with Crippen molar-refractivity contribution in [1.82, 2.24) is 0 Å². The molecule has 0 bridgehead atoms. The van der Waals surface area contributed by atoms with Crippen LogP contribution < -0.4 is 5.32 Å². The van der Waals surface area contributed by atoms with Crippen molar-refractivity contribution in [3.8, 4) is 0 Å². The van der Waals surface area contributed by atoms with E-state index in [4.69, 9.17) is 27.9 Å². The van der Waals surface area contributed by atoms with Crippen LogP contribution in [0.2, 0.25) is 10.0 Å². The Labute approximate surface area is 120 Å². The molecule has 1 aliphatic rings. The number of nitrogens with one attached hydrogen (secondary N) is 1. The van der Waals surface area contributed by atoms with Gasteiger partial charge in [-0.15, -0.1) is 0 Å². The molecule has 1 atom stereocenters. The lowest BCUT2D eigenvalue weighted by Crippen LogP contribution is -2.23. The Bertz CT molecular complexity index is 642. The van der Waals surface area contributed by atoms with Crippen LogP contribution in [0.4, 0.5) is 10.5 Å². The Kier molecular flexibility index (Phi) is 4.03. The molecule has 5 nitrogen and oxygen atoms in total. The molecule has 1 aromatic carbocycles. The number of halogens is 2. The molecule has 8 heteroatoms. The van der Waals surface area contributed by atoms with Gasteiger partial charge in [-0.3, -0.25) is 5.32 Å². The van der Waals surface area contributed by atoms with Crippen molar-refractivity contribution in [3.63, 3.8) is 0 Å². The molecule has 1 aliphatic heterocycles. The fraction of sp³-hybridized carbons (Fsp3) is 0.182. The van der Waals surface area contributed by atoms with Gasteiger partial charge < -0.3 is 4.74 Å². The third-order valence-electron chi connectivity index (χ3n) is 2.32. The van der Waals surface area contributed by atoms with E-state index in [1.807, 2.05) is 0 Å². The number of sulfone groups is 1. The average Bonchev–Trinajstić information content (AvgIpc) is 2.63. The number of anilines is 1. The number of benzene rings is 1. The van der Waals surface area contributed by atoms with Crippen LogP contribution in [0, 0.1) is 0 Å². The lowest BCUT2D eigenvalue weighted by Gasteiger charge is -2.11. The molecule has 1 heterocycles. The van der Waals surface area contributed by atoms with E-state index in [2.05, 4.69) is 5.32 Å². The summed E-state index contributed by atoms with van der Waals surface area (Å²) in [4.78, 5) is 11.5. The van der Waals surface area contributed by atoms with Crippen molar-refractivity contribution in [1.29, 1.82) is 0 Å². The van der Waals surface area contributed by atoms with Gasteiger partial charge in [-0.25, -0.2) is 13.2 Å². The number of hydrogen-bond acceptors (Lipinski definition) is 4. The van der Waals surface area contributed by atoms with Crippen LogP contribution >= 0.6 is 23.2 Å². The molecule has 0 radical (unpaired) electrons. The Balaban J connectivity index is 1.95. The molecular formula is C11H9Cl2NO4S. The molecular weight excluding hydrogens is 313 g/mol. The van der Waals surface area contributed by atoms with Crippen molar-refractivity contribution in [2.75, 3.05) is 11.1 Å². The second-order valence-electron chi connectivity index (χ2n) is 3.86. The summed E-state index contributed by atoms with van der Waals surface area (Å²) < 4.78 is 27.2. The van der Waals surface area contributed by atoms with E-state index in [0.717, 1.165) is 5.41 Å². The second-order valence-corrected chi connectivity index (χ2v) is 6.60. The van der Waals surface area contributed by atoms with Crippen molar-refractivity contribution in [2.45, 2.75) is 6.10 Å². The molecule has 0 aromatic heterocycles. The van der Waals surface area contributed by atoms with Crippen molar-refractivity contribution < 1.29 is 17.9 Å². The number of carbonyl (C=O) groups is 1. The van der Waals surface area contributed by atoms with Gasteiger partial charge in [0.05, 0.1) is 15.8 Å². The Morgan fingerprint density at radius 1 is 1.32 bits per heavy atom. The van der Waals surface area contributed by atoms with E-state index in [-0.39, 0.29) is 5.75 Å². The lowest BCUT2D eigenvalue weighted by molar-refractivity contribution is 0.144. The third-order valence-corrected chi connectivity index (χ3v) is 4.43. The van der Waals surface area contributed by atoms with Crippen LogP contribution in [-0.2, 0) is 14.6 Å². The first-order valence-electron chi connectivity index (χ1n) is 5.19. The maximum Gasteiger partial charge on any atom is 0.412 e. The van der Waals surface area contributed by atoms with E-state index in [9.17, 15) is 13.2 Å². The molecule has 1 N–H and O–H groups in total. The molecule has 0 unspecified atom stereocenters. The highest BCUT2D eigenvalue weighted by atomic mass is 35.5. The number of ether oxygens (including phenoxy) is 1. The SMILES string of the molecule is O=C(Nc1ccc(Cl)c(Cl)c1)O[C@@H]1C=CS(=O)(=O)C1. The van der Waals surface area contributed by atoms with Crippen molar-refractivity contribution in [2.24, 2.45) is 0 Å². The molecule has 0 aliphatic carbocycles. The summed E-state index contributed by atoms with van der Waals surface area (Å²) >= 11 is 11.5. The van der Waals surface area contributed by atoms with Crippen LogP contribution in [0.3, 0.4) is 0 Å². The van der Waals surface area contributed by atoms with Gasteiger partial charge in [0.15, 0.2) is 9.84 Å². The predicted molar refractivity (Wildman–Crippen MR) is 73.3 cm³/mol. The van der Waals surface area contributed by atoms with Crippen molar-refractivity contribution >= 4 is 44.8 Å².